The highest BCUT2D eigenvalue weighted by Gasteiger charge is 2.30. The Kier molecular flexibility index (Phi) is 5.40. The third kappa shape index (κ3) is 4.53. The van der Waals surface area contributed by atoms with Crippen LogP contribution in [0.2, 0.25) is 0 Å². The SMILES string of the molecule is Cc1nn(-c2ccc(C(F)(F)F)cc2)nc1COc1ccc2scc(CC(=O)O)c2c1. The number of aromatic nitrogens is 3. The van der Waals surface area contributed by atoms with Crippen LogP contribution >= 0.6 is 11.3 Å². The maximum Gasteiger partial charge on any atom is 0.416 e. The van der Waals surface area contributed by atoms with Crippen LogP contribution in [-0.2, 0) is 24.0 Å². The van der Waals surface area contributed by atoms with Crippen LogP contribution in [0.15, 0.2) is 47.8 Å². The Bertz CT molecular complexity index is 1250. The molecular formula is C21H16F3N3O3S. The first-order valence-corrected chi connectivity index (χ1v) is 10.0. The maximum atomic E-state index is 12.7. The summed E-state index contributed by atoms with van der Waals surface area (Å²) in [6.07, 6.45) is -4.47. The fourth-order valence-electron chi connectivity index (χ4n) is 3.04. The van der Waals surface area contributed by atoms with Crippen molar-refractivity contribution in [2.45, 2.75) is 26.1 Å². The Morgan fingerprint density at radius 1 is 1.16 bits per heavy atom. The summed E-state index contributed by atoms with van der Waals surface area (Å²) in [6.45, 7) is 1.84. The molecule has 0 aliphatic heterocycles. The lowest BCUT2D eigenvalue weighted by Gasteiger charge is -2.07. The Labute approximate surface area is 178 Å². The summed E-state index contributed by atoms with van der Waals surface area (Å²) >= 11 is 1.47. The first-order chi connectivity index (χ1) is 14.7. The van der Waals surface area contributed by atoms with Gasteiger partial charge in [0.15, 0.2) is 0 Å². The molecule has 6 nitrogen and oxygen atoms in total. The van der Waals surface area contributed by atoms with E-state index in [-0.39, 0.29) is 13.0 Å². The van der Waals surface area contributed by atoms with E-state index in [1.807, 2.05) is 11.4 Å². The molecule has 0 amide bonds. The van der Waals surface area contributed by atoms with Crippen LogP contribution in [0.25, 0.3) is 15.8 Å². The van der Waals surface area contributed by atoms with Crippen molar-refractivity contribution < 1.29 is 27.8 Å². The third-order valence-corrected chi connectivity index (χ3v) is 5.66. The van der Waals surface area contributed by atoms with Gasteiger partial charge in [-0.2, -0.15) is 23.1 Å². The summed E-state index contributed by atoms with van der Waals surface area (Å²) in [4.78, 5) is 12.3. The van der Waals surface area contributed by atoms with Gasteiger partial charge >= 0.3 is 12.1 Å². The molecule has 2 heterocycles. The van der Waals surface area contributed by atoms with Gasteiger partial charge in [0, 0.05) is 4.70 Å². The van der Waals surface area contributed by atoms with Crippen LogP contribution in [0.3, 0.4) is 0 Å². The van der Waals surface area contributed by atoms with Gasteiger partial charge in [-0.3, -0.25) is 4.79 Å². The van der Waals surface area contributed by atoms with Crippen molar-refractivity contribution in [3.63, 3.8) is 0 Å². The van der Waals surface area contributed by atoms with Gasteiger partial charge in [-0.1, -0.05) is 0 Å². The summed E-state index contributed by atoms with van der Waals surface area (Å²) in [5.74, 6) is -0.345. The van der Waals surface area contributed by atoms with Crippen LogP contribution in [0.4, 0.5) is 13.2 Å². The van der Waals surface area contributed by atoms with Gasteiger partial charge < -0.3 is 9.84 Å². The summed E-state index contributed by atoms with van der Waals surface area (Å²) in [7, 11) is 0. The molecule has 4 aromatic rings. The van der Waals surface area contributed by atoms with Crippen LogP contribution in [0.5, 0.6) is 5.75 Å². The summed E-state index contributed by atoms with van der Waals surface area (Å²) in [5, 5.41) is 20.3. The number of hydrogen-bond acceptors (Lipinski definition) is 5. The van der Waals surface area contributed by atoms with E-state index in [0.717, 1.165) is 27.8 Å². The molecule has 2 aromatic heterocycles. The average molecular weight is 447 g/mol. The predicted octanol–water partition coefficient (Wildman–Crippen LogP) is 5.02. The number of carboxylic acid groups (broad SMARTS) is 1. The largest absolute Gasteiger partial charge is 0.487 e. The Balaban J connectivity index is 1.51. The molecule has 0 saturated heterocycles. The Morgan fingerprint density at radius 2 is 1.90 bits per heavy atom. The van der Waals surface area contributed by atoms with Crippen molar-refractivity contribution in [2.24, 2.45) is 0 Å². The van der Waals surface area contributed by atoms with Crippen LogP contribution in [-0.4, -0.2) is 26.1 Å². The number of hydrogen-bond donors (Lipinski definition) is 1. The van der Waals surface area contributed by atoms with Gasteiger partial charge in [-0.25, -0.2) is 0 Å². The molecule has 0 spiro atoms. The number of carboxylic acids is 1. The maximum absolute atomic E-state index is 12.7. The number of rotatable bonds is 6. The monoisotopic (exact) mass is 447 g/mol. The lowest BCUT2D eigenvalue weighted by atomic mass is 10.1. The quantitative estimate of drug-likeness (QED) is 0.449. The fourth-order valence-corrected chi connectivity index (χ4v) is 3.99. The minimum Gasteiger partial charge on any atom is -0.487 e. The van der Waals surface area contributed by atoms with E-state index in [1.165, 1.54) is 28.3 Å². The smallest absolute Gasteiger partial charge is 0.416 e. The molecule has 0 aliphatic carbocycles. The second-order valence-corrected chi connectivity index (χ2v) is 7.76. The molecule has 4 rings (SSSR count). The zero-order chi connectivity index (χ0) is 22.2. The first kappa shape index (κ1) is 20.9. The number of alkyl halides is 3. The van der Waals surface area contributed by atoms with Crippen molar-refractivity contribution in [1.82, 2.24) is 15.0 Å². The zero-order valence-corrected chi connectivity index (χ0v) is 17.0. The van der Waals surface area contributed by atoms with Gasteiger partial charge in [-0.05, 0) is 65.7 Å². The van der Waals surface area contributed by atoms with Crippen molar-refractivity contribution in [3.8, 4) is 11.4 Å². The Hall–Kier alpha value is -3.40. The molecule has 1 N–H and O–H groups in total. The third-order valence-electron chi connectivity index (χ3n) is 4.65. The second-order valence-electron chi connectivity index (χ2n) is 6.84. The zero-order valence-electron chi connectivity index (χ0n) is 16.2. The number of thiophene rings is 1. The van der Waals surface area contributed by atoms with Gasteiger partial charge in [0.2, 0.25) is 0 Å². The molecule has 0 radical (unpaired) electrons. The second kappa shape index (κ2) is 8.03. The molecule has 10 heteroatoms. The molecule has 0 aliphatic rings. The highest BCUT2D eigenvalue weighted by Crippen LogP contribution is 2.31. The van der Waals surface area contributed by atoms with E-state index in [1.54, 1.807) is 19.1 Å². The molecule has 0 atom stereocenters. The molecule has 0 saturated carbocycles. The lowest BCUT2D eigenvalue weighted by molar-refractivity contribution is -0.138. The van der Waals surface area contributed by atoms with Crippen molar-refractivity contribution in [1.29, 1.82) is 0 Å². The number of nitrogens with zero attached hydrogens (tertiary/aromatic N) is 3. The summed E-state index contributed by atoms with van der Waals surface area (Å²) < 4.78 is 45.0. The fraction of sp³-hybridized carbons (Fsp3) is 0.190. The van der Waals surface area contributed by atoms with E-state index >= 15 is 0 Å². The number of benzene rings is 2. The normalized spacial score (nSPS) is 11.7. The molecule has 160 valence electrons. The van der Waals surface area contributed by atoms with Gasteiger partial charge in [0.05, 0.1) is 23.4 Å². The minimum atomic E-state index is -4.40. The number of carbonyl (C=O) groups is 1. The number of aliphatic carboxylic acids is 1. The Morgan fingerprint density at radius 3 is 2.58 bits per heavy atom. The van der Waals surface area contributed by atoms with E-state index in [0.29, 0.717) is 22.8 Å². The van der Waals surface area contributed by atoms with Gasteiger partial charge in [0.1, 0.15) is 18.1 Å². The molecule has 0 fully saturated rings. The van der Waals surface area contributed by atoms with Gasteiger partial charge in [-0.15, -0.1) is 16.4 Å². The first-order valence-electron chi connectivity index (χ1n) is 9.16. The van der Waals surface area contributed by atoms with E-state index in [2.05, 4.69) is 10.2 Å². The molecular weight excluding hydrogens is 431 g/mol. The topological polar surface area (TPSA) is 77.2 Å². The summed E-state index contributed by atoms with van der Waals surface area (Å²) in [6, 6.07) is 10.0. The van der Waals surface area contributed by atoms with E-state index in [9.17, 15) is 18.0 Å². The summed E-state index contributed by atoms with van der Waals surface area (Å²) in [5.41, 5.74) is 1.51. The van der Waals surface area contributed by atoms with Crippen LogP contribution in [0.1, 0.15) is 22.5 Å². The average Bonchev–Trinajstić information content (AvgIpc) is 3.28. The number of fused-ring (bicyclic) bond motifs is 1. The van der Waals surface area contributed by atoms with Crippen molar-refractivity contribution in [2.75, 3.05) is 0 Å². The molecule has 0 unspecified atom stereocenters. The van der Waals surface area contributed by atoms with Crippen LogP contribution < -0.4 is 4.74 Å². The van der Waals surface area contributed by atoms with E-state index < -0.39 is 17.7 Å². The molecule has 0 bridgehead atoms. The van der Waals surface area contributed by atoms with Crippen LogP contribution in [0, 0.1) is 6.92 Å². The highest BCUT2D eigenvalue weighted by molar-refractivity contribution is 7.17. The van der Waals surface area contributed by atoms with Crippen molar-refractivity contribution >= 4 is 27.4 Å². The number of halogens is 3. The number of ether oxygens (including phenoxy) is 1. The van der Waals surface area contributed by atoms with Gasteiger partial charge in [0.25, 0.3) is 0 Å². The highest BCUT2D eigenvalue weighted by atomic mass is 32.1. The van der Waals surface area contributed by atoms with Crippen molar-refractivity contribution in [3.05, 3.63) is 70.4 Å². The lowest BCUT2D eigenvalue weighted by Crippen LogP contribution is -2.06. The van der Waals surface area contributed by atoms with E-state index in [4.69, 9.17) is 9.84 Å². The standard InChI is InChI=1S/C21H16F3N3O3S/c1-12-18(26-27(25-12)15-4-2-14(3-5-15)21(22,23)24)10-30-16-6-7-19-17(9-16)13(11-31-19)8-20(28)29/h2-7,9,11H,8,10H2,1H3,(H,28,29). The molecule has 2 aromatic carbocycles. The predicted molar refractivity (Wildman–Crippen MR) is 109 cm³/mol. The number of aryl methyl sites for hydroxylation is 1. The minimum absolute atomic E-state index is 0.0655. The molecule has 31 heavy (non-hydrogen) atoms.